The predicted octanol–water partition coefficient (Wildman–Crippen LogP) is 3.51. The van der Waals surface area contributed by atoms with E-state index in [0.717, 1.165) is 28.0 Å². The van der Waals surface area contributed by atoms with Gasteiger partial charge in [-0.25, -0.2) is 9.78 Å². The van der Waals surface area contributed by atoms with E-state index in [0.29, 0.717) is 29.5 Å². The van der Waals surface area contributed by atoms with Crippen LogP contribution in [0, 0.1) is 5.92 Å². The van der Waals surface area contributed by atoms with Crippen LogP contribution >= 0.6 is 11.3 Å². The molecule has 1 amide bonds. The lowest BCUT2D eigenvalue weighted by Gasteiger charge is -2.31. The van der Waals surface area contributed by atoms with Crippen molar-refractivity contribution in [3.8, 4) is 0 Å². The predicted molar refractivity (Wildman–Crippen MR) is 114 cm³/mol. The molecule has 29 heavy (non-hydrogen) atoms. The normalized spacial score (nSPS) is 15.4. The number of pyridine rings is 1. The second-order valence-corrected chi connectivity index (χ2v) is 9.27. The molecule has 0 saturated heterocycles. The fourth-order valence-electron chi connectivity index (χ4n) is 3.23. The van der Waals surface area contributed by atoms with E-state index in [-0.39, 0.29) is 24.7 Å². The smallest absolute Gasteiger partial charge is 0.350 e. The summed E-state index contributed by atoms with van der Waals surface area (Å²) in [5.74, 6) is -0.207. The van der Waals surface area contributed by atoms with Crippen molar-refractivity contribution in [1.82, 2.24) is 10.3 Å². The molecule has 158 valence electrons. The number of ether oxygens (including phenoxy) is 2. The molecular formula is C21H29N3O4S. The van der Waals surface area contributed by atoms with Gasteiger partial charge in [-0.15, -0.1) is 11.3 Å². The van der Waals surface area contributed by atoms with Gasteiger partial charge in [-0.05, 0) is 39.3 Å². The summed E-state index contributed by atoms with van der Waals surface area (Å²) >= 11 is 1.25. The number of hydrogen-bond acceptors (Lipinski definition) is 7. The van der Waals surface area contributed by atoms with Crippen LogP contribution in [0.4, 0.5) is 5.69 Å². The second kappa shape index (κ2) is 8.77. The number of anilines is 1. The Hall–Kier alpha value is -2.03. The first-order valence-corrected chi connectivity index (χ1v) is 10.8. The van der Waals surface area contributed by atoms with Crippen LogP contribution in [0.5, 0.6) is 0 Å². The zero-order valence-electron chi connectivity index (χ0n) is 17.7. The van der Waals surface area contributed by atoms with Crippen molar-refractivity contribution >= 4 is 39.1 Å². The van der Waals surface area contributed by atoms with Crippen LogP contribution in [-0.4, -0.2) is 42.2 Å². The first-order valence-electron chi connectivity index (χ1n) is 9.97. The van der Waals surface area contributed by atoms with Crippen LogP contribution in [0.3, 0.4) is 0 Å². The molecule has 7 nitrogen and oxygen atoms in total. The quantitative estimate of drug-likeness (QED) is 0.668. The number of carbonyl (C=O) groups is 2. The molecule has 8 heteroatoms. The van der Waals surface area contributed by atoms with E-state index >= 15 is 0 Å². The van der Waals surface area contributed by atoms with E-state index in [1.807, 2.05) is 19.9 Å². The third-order valence-corrected chi connectivity index (χ3v) is 5.71. The van der Waals surface area contributed by atoms with Gasteiger partial charge in [-0.3, -0.25) is 4.79 Å². The second-order valence-electron chi connectivity index (χ2n) is 8.27. The molecule has 0 bridgehead atoms. The standard InChI is InChI=1S/C21H29N3O4S/c1-6-27-20(26)18-17(24-16(25)10-22-9-12(2)3)14-7-13-11-28-21(4,5)8-15(13)23-19(14)29-18/h7,12,22H,6,8-11H2,1-5H3,(H,24,25). The molecule has 0 aliphatic carbocycles. The van der Waals surface area contributed by atoms with Crippen molar-refractivity contribution < 1.29 is 19.1 Å². The summed E-state index contributed by atoms with van der Waals surface area (Å²) in [6.45, 7) is 11.6. The Morgan fingerprint density at radius 1 is 1.38 bits per heavy atom. The Morgan fingerprint density at radius 3 is 2.83 bits per heavy atom. The van der Waals surface area contributed by atoms with E-state index in [1.54, 1.807) is 6.92 Å². The highest BCUT2D eigenvalue weighted by Crippen LogP contribution is 2.38. The van der Waals surface area contributed by atoms with Crippen molar-refractivity contribution in [2.45, 2.75) is 53.2 Å². The summed E-state index contributed by atoms with van der Waals surface area (Å²) in [4.78, 5) is 30.9. The number of nitrogens with zero attached hydrogens (tertiary/aromatic N) is 1. The molecule has 2 N–H and O–H groups in total. The van der Waals surface area contributed by atoms with Gasteiger partial charge in [0.05, 0.1) is 36.7 Å². The Bertz CT molecular complexity index is 920. The molecule has 0 spiro atoms. The molecular weight excluding hydrogens is 390 g/mol. The summed E-state index contributed by atoms with van der Waals surface area (Å²) in [6, 6.07) is 1.98. The van der Waals surface area contributed by atoms with Crippen LogP contribution in [0.25, 0.3) is 10.2 Å². The highest BCUT2D eigenvalue weighted by Gasteiger charge is 2.29. The Balaban J connectivity index is 1.95. The lowest BCUT2D eigenvalue weighted by molar-refractivity contribution is -0.115. The lowest BCUT2D eigenvalue weighted by atomic mass is 9.95. The molecule has 2 aromatic rings. The van der Waals surface area contributed by atoms with Crippen molar-refractivity contribution in [3.05, 3.63) is 22.2 Å². The molecule has 0 unspecified atom stereocenters. The first kappa shape index (κ1) is 21.7. The molecule has 0 aromatic carbocycles. The molecule has 3 rings (SSSR count). The van der Waals surface area contributed by atoms with Crippen LogP contribution in [-0.2, 0) is 27.3 Å². The summed E-state index contributed by atoms with van der Waals surface area (Å²) in [6.07, 6.45) is 0.700. The number of fused-ring (bicyclic) bond motifs is 2. The zero-order chi connectivity index (χ0) is 21.2. The number of carbonyl (C=O) groups excluding carboxylic acids is 2. The van der Waals surface area contributed by atoms with Gasteiger partial charge in [-0.2, -0.15) is 0 Å². The summed E-state index contributed by atoms with van der Waals surface area (Å²) in [5.41, 5.74) is 2.16. The van der Waals surface area contributed by atoms with Gasteiger partial charge in [0.25, 0.3) is 0 Å². The largest absolute Gasteiger partial charge is 0.462 e. The topological polar surface area (TPSA) is 89.5 Å². The van der Waals surface area contributed by atoms with E-state index in [1.165, 1.54) is 11.3 Å². The van der Waals surface area contributed by atoms with Crippen LogP contribution in [0.1, 0.15) is 55.5 Å². The highest BCUT2D eigenvalue weighted by atomic mass is 32.1. The molecule has 0 atom stereocenters. The van der Waals surface area contributed by atoms with E-state index in [4.69, 9.17) is 14.5 Å². The van der Waals surface area contributed by atoms with Gasteiger partial charge in [0.15, 0.2) is 0 Å². The van der Waals surface area contributed by atoms with E-state index in [2.05, 4.69) is 24.5 Å². The monoisotopic (exact) mass is 419 g/mol. The molecule has 0 fully saturated rings. The average Bonchev–Trinajstić information content (AvgIpc) is 2.96. The highest BCUT2D eigenvalue weighted by molar-refractivity contribution is 7.21. The minimum Gasteiger partial charge on any atom is -0.462 e. The Morgan fingerprint density at radius 2 is 2.14 bits per heavy atom. The van der Waals surface area contributed by atoms with Gasteiger partial charge in [0.2, 0.25) is 5.91 Å². The third kappa shape index (κ3) is 5.12. The summed E-state index contributed by atoms with van der Waals surface area (Å²) in [5, 5.41) is 6.76. The minimum absolute atomic E-state index is 0.174. The van der Waals surface area contributed by atoms with Crippen LogP contribution < -0.4 is 10.6 Å². The van der Waals surface area contributed by atoms with E-state index in [9.17, 15) is 9.59 Å². The molecule has 1 aliphatic heterocycles. The SMILES string of the molecule is CCOC(=O)c1sc2nc3c(cc2c1NC(=O)CNCC(C)C)COC(C)(C)C3. The van der Waals surface area contributed by atoms with Crippen LogP contribution in [0.15, 0.2) is 6.07 Å². The Labute approximate surface area is 175 Å². The van der Waals surface area contributed by atoms with Gasteiger partial charge >= 0.3 is 5.97 Å². The lowest BCUT2D eigenvalue weighted by Crippen LogP contribution is -2.32. The third-order valence-electron chi connectivity index (χ3n) is 4.63. The van der Waals surface area contributed by atoms with Gasteiger partial charge in [0, 0.05) is 17.4 Å². The van der Waals surface area contributed by atoms with E-state index < -0.39 is 5.97 Å². The van der Waals surface area contributed by atoms with Crippen LogP contribution in [0.2, 0.25) is 0 Å². The molecule has 1 aliphatic rings. The molecule has 3 heterocycles. The number of amides is 1. The summed E-state index contributed by atoms with van der Waals surface area (Å²) in [7, 11) is 0. The van der Waals surface area contributed by atoms with Crippen molar-refractivity contribution in [1.29, 1.82) is 0 Å². The number of nitrogens with one attached hydrogen (secondary N) is 2. The van der Waals surface area contributed by atoms with Crippen molar-refractivity contribution in [3.63, 3.8) is 0 Å². The number of rotatable bonds is 7. The first-order chi connectivity index (χ1) is 13.7. The number of hydrogen-bond donors (Lipinski definition) is 2. The fourth-order valence-corrected chi connectivity index (χ4v) is 4.25. The fraction of sp³-hybridized carbons (Fsp3) is 0.571. The maximum absolute atomic E-state index is 12.5. The molecule has 2 aromatic heterocycles. The van der Waals surface area contributed by atoms with Gasteiger partial charge < -0.3 is 20.1 Å². The molecule has 0 saturated carbocycles. The number of thiophene rings is 1. The van der Waals surface area contributed by atoms with Gasteiger partial charge in [-0.1, -0.05) is 13.8 Å². The molecule has 0 radical (unpaired) electrons. The zero-order valence-corrected chi connectivity index (χ0v) is 18.5. The maximum atomic E-state index is 12.5. The van der Waals surface area contributed by atoms with Crippen molar-refractivity contribution in [2.24, 2.45) is 5.92 Å². The van der Waals surface area contributed by atoms with Gasteiger partial charge in [0.1, 0.15) is 9.71 Å². The maximum Gasteiger partial charge on any atom is 0.350 e. The minimum atomic E-state index is -0.449. The van der Waals surface area contributed by atoms with Crippen molar-refractivity contribution in [2.75, 3.05) is 25.0 Å². The average molecular weight is 420 g/mol. The Kier molecular flexibility index (Phi) is 6.55. The number of aromatic nitrogens is 1. The number of esters is 1. The summed E-state index contributed by atoms with van der Waals surface area (Å²) < 4.78 is 11.1.